The number of amides is 1. The molecule has 0 aromatic heterocycles. The second-order valence-electron chi connectivity index (χ2n) is 5.43. The number of rotatable bonds is 6. The smallest absolute Gasteiger partial charge is 0.331 e. The summed E-state index contributed by atoms with van der Waals surface area (Å²) in [7, 11) is 0. The van der Waals surface area contributed by atoms with Gasteiger partial charge in [-0.25, -0.2) is 4.79 Å². The van der Waals surface area contributed by atoms with Crippen LogP contribution in [0.4, 0.5) is 11.4 Å². The molecule has 0 aliphatic rings. The molecule has 9 heteroatoms. The molecule has 1 N–H and O–H groups in total. The molecule has 2 aromatic carbocycles. The Bertz CT molecular complexity index is 928. The lowest BCUT2D eigenvalue weighted by Gasteiger charge is -2.07. The van der Waals surface area contributed by atoms with E-state index in [9.17, 15) is 19.7 Å². The van der Waals surface area contributed by atoms with E-state index in [1.807, 2.05) is 0 Å². The molecule has 27 heavy (non-hydrogen) atoms. The Labute approximate surface area is 164 Å². The van der Waals surface area contributed by atoms with E-state index in [-0.39, 0.29) is 11.4 Å². The lowest BCUT2D eigenvalue weighted by molar-refractivity contribution is -0.384. The highest BCUT2D eigenvalue weighted by molar-refractivity contribution is 6.35. The predicted octanol–water partition coefficient (Wildman–Crippen LogP) is 4.41. The highest BCUT2D eigenvalue weighted by Crippen LogP contribution is 2.25. The van der Waals surface area contributed by atoms with E-state index in [1.54, 1.807) is 25.1 Å². The van der Waals surface area contributed by atoms with Gasteiger partial charge in [0, 0.05) is 22.2 Å². The maximum absolute atomic E-state index is 11.9. The Morgan fingerprint density at radius 2 is 1.96 bits per heavy atom. The van der Waals surface area contributed by atoms with Gasteiger partial charge in [0.2, 0.25) is 0 Å². The zero-order valence-corrected chi connectivity index (χ0v) is 15.6. The number of anilines is 1. The minimum absolute atomic E-state index is 0.0233. The maximum Gasteiger partial charge on any atom is 0.331 e. The number of hydrogen-bond acceptors (Lipinski definition) is 5. The summed E-state index contributed by atoms with van der Waals surface area (Å²) in [5.74, 6) is -1.47. The van der Waals surface area contributed by atoms with Crippen molar-refractivity contribution in [3.05, 3.63) is 73.8 Å². The molecule has 2 rings (SSSR count). The third-order valence-electron chi connectivity index (χ3n) is 3.33. The number of ether oxygens (including phenoxy) is 1. The van der Waals surface area contributed by atoms with E-state index in [1.165, 1.54) is 24.3 Å². The number of hydrogen-bond donors (Lipinski definition) is 1. The fourth-order valence-electron chi connectivity index (χ4n) is 2.06. The van der Waals surface area contributed by atoms with Crippen LogP contribution in [0.3, 0.4) is 0 Å². The van der Waals surface area contributed by atoms with Gasteiger partial charge in [-0.05, 0) is 42.3 Å². The van der Waals surface area contributed by atoms with Crippen molar-refractivity contribution in [1.29, 1.82) is 0 Å². The van der Waals surface area contributed by atoms with Crippen LogP contribution >= 0.6 is 23.2 Å². The normalized spacial score (nSPS) is 10.6. The monoisotopic (exact) mass is 408 g/mol. The Morgan fingerprint density at radius 1 is 1.22 bits per heavy atom. The molecule has 0 aliphatic carbocycles. The molecular weight excluding hydrogens is 395 g/mol. The van der Waals surface area contributed by atoms with Gasteiger partial charge < -0.3 is 10.1 Å². The zero-order valence-electron chi connectivity index (χ0n) is 14.1. The van der Waals surface area contributed by atoms with Gasteiger partial charge in [-0.2, -0.15) is 0 Å². The minimum Gasteiger partial charge on any atom is -0.452 e. The average Bonchev–Trinajstić information content (AvgIpc) is 2.60. The molecule has 0 unspecified atom stereocenters. The molecule has 7 nitrogen and oxygen atoms in total. The SMILES string of the molecule is Cc1ccc(NC(=O)COC(=O)C=Cc2ccc(Cl)cc2Cl)c([N+](=O)[O-])c1. The second kappa shape index (κ2) is 9.16. The fourth-order valence-corrected chi connectivity index (χ4v) is 2.54. The molecule has 0 saturated carbocycles. The van der Waals surface area contributed by atoms with Gasteiger partial charge in [0.05, 0.1) is 4.92 Å². The highest BCUT2D eigenvalue weighted by Gasteiger charge is 2.16. The lowest BCUT2D eigenvalue weighted by Crippen LogP contribution is -2.20. The summed E-state index contributed by atoms with van der Waals surface area (Å²) in [6.45, 7) is 1.10. The van der Waals surface area contributed by atoms with Gasteiger partial charge in [0.1, 0.15) is 5.69 Å². The number of carbonyl (C=O) groups is 2. The highest BCUT2D eigenvalue weighted by atomic mass is 35.5. The molecule has 0 bridgehead atoms. The first-order valence-electron chi connectivity index (χ1n) is 7.61. The van der Waals surface area contributed by atoms with Crippen LogP contribution in [-0.2, 0) is 14.3 Å². The van der Waals surface area contributed by atoms with E-state index in [2.05, 4.69) is 5.32 Å². The van der Waals surface area contributed by atoms with Gasteiger partial charge in [-0.1, -0.05) is 35.3 Å². The Balaban J connectivity index is 1.93. The van der Waals surface area contributed by atoms with Gasteiger partial charge in [0.25, 0.3) is 11.6 Å². The third-order valence-corrected chi connectivity index (χ3v) is 3.89. The number of nitro groups is 1. The topological polar surface area (TPSA) is 98.5 Å². The molecule has 0 fully saturated rings. The number of aryl methyl sites for hydroxylation is 1. The zero-order chi connectivity index (χ0) is 20.0. The van der Waals surface area contributed by atoms with Crippen LogP contribution in [0, 0.1) is 17.0 Å². The summed E-state index contributed by atoms with van der Waals surface area (Å²) in [5.41, 5.74) is 1.01. The number of nitro benzene ring substituents is 1. The second-order valence-corrected chi connectivity index (χ2v) is 6.28. The van der Waals surface area contributed by atoms with Crippen LogP contribution in [0.1, 0.15) is 11.1 Å². The first-order chi connectivity index (χ1) is 12.8. The van der Waals surface area contributed by atoms with Crippen LogP contribution in [0.15, 0.2) is 42.5 Å². The van der Waals surface area contributed by atoms with Crippen molar-refractivity contribution in [3.8, 4) is 0 Å². The minimum atomic E-state index is -0.769. The first kappa shape index (κ1) is 20.4. The Morgan fingerprint density at radius 3 is 2.63 bits per heavy atom. The van der Waals surface area contributed by atoms with E-state index >= 15 is 0 Å². The van der Waals surface area contributed by atoms with Crippen molar-refractivity contribution >= 4 is 52.5 Å². The van der Waals surface area contributed by atoms with Crippen LogP contribution < -0.4 is 5.32 Å². The molecule has 0 atom stereocenters. The summed E-state index contributed by atoms with van der Waals surface area (Å²) in [6, 6.07) is 9.12. The van der Waals surface area contributed by atoms with Crippen LogP contribution in [0.2, 0.25) is 10.0 Å². The summed E-state index contributed by atoms with van der Waals surface area (Å²) < 4.78 is 4.81. The van der Waals surface area contributed by atoms with E-state index < -0.39 is 23.4 Å². The standard InChI is InChI=1S/C18H14Cl2N2O5/c1-11-2-6-15(16(8-11)22(25)26)21-17(23)10-27-18(24)7-4-12-3-5-13(19)9-14(12)20/h2-9H,10H2,1H3,(H,21,23). The fraction of sp³-hybridized carbons (Fsp3) is 0.111. The van der Waals surface area contributed by atoms with E-state index in [0.29, 0.717) is 21.2 Å². The van der Waals surface area contributed by atoms with E-state index in [4.69, 9.17) is 27.9 Å². The maximum atomic E-state index is 11.9. The Hall–Kier alpha value is -2.90. The summed E-state index contributed by atoms with van der Waals surface area (Å²) in [4.78, 5) is 34.0. The number of esters is 1. The van der Waals surface area contributed by atoms with Crippen molar-refractivity contribution in [2.75, 3.05) is 11.9 Å². The Kier molecular flexibility index (Phi) is 6.92. The number of nitrogens with zero attached hydrogens (tertiary/aromatic N) is 1. The third kappa shape index (κ3) is 6.09. The van der Waals surface area contributed by atoms with Crippen molar-refractivity contribution in [2.45, 2.75) is 6.92 Å². The average molecular weight is 409 g/mol. The van der Waals surface area contributed by atoms with Crippen molar-refractivity contribution in [1.82, 2.24) is 0 Å². The lowest BCUT2D eigenvalue weighted by atomic mass is 10.2. The van der Waals surface area contributed by atoms with Gasteiger partial charge >= 0.3 is 5.97 Å². The van der Waals surface area contributed by atoms with Crippen molar-refractivity contribution < 1.29 is 19.2 Å². The van der Waals surface area contributed by atoms with Gasteiger partial charge in [0.15, 0.2) is 6.61 Å². The summed E-state index contributed by atoms with van der Waals surface area (Å²) in [6.07, 6.45) is 2.53. The quantitative estimate of drug-likeness (QED) is 0.330. The predicted molar refractivity (Wildman–Crippen MR) is 103 cm³/mol. The summed E-state index contributed by atoms with van der Waals surface area (Å²) >= 11 is 11.8. The van der Waals surface area contributed by atoms with Crippen LogP contribution in [0.25, 0.3) is 6.08 Å². The van der Waals surface area contributed by atoms with Crippen LogP contribution in [-0.4, -0.2) is 23.4 Å². The molecular formula is C18H14Cl2N2O5. The van der Waals surface area contributed by atoms with E-state index in [0.717, 1.165) is 6.08 Å². The largest absolute Gasteiger partial charge is 0.452 e. The number of benzene rings is 2. The van der Waals surface area contributed by atoms with Crippen molar-refractivity contribution in [2.24, 2.45) is 0 Å². The van der Waals surface area contributed by atoms with Crippen molar-refractivity contribution in [3.63, 3.8) is 0 Å². The molecule has 0 radical (unpaired) electrons. The number of nitrogens with one attached hydrogen (secondary N) is 1. The molecule has 0 spiro atoms. The first-order valence-corrected chi connectivity index (χ1v) is 8.36. The molecule has 1 amide bonds. The molecule has 0 saturated heterocycles. The van der Waals surface area contributed by atoms with Gasteiger partial charge in [-0.3, -0.25) is 14.9 Å². The molecule has 140 valence electrons. The molecule has 2 aromatic rings. The summed E-state index contributed by atoms with van der Waals surface area (Å²) in [5, 5.41) is 14.2. The number of carbonyl (C=O) groups excluding carboxylic acids is 2. The molecule has 0 aliphatic heterocycles. The van der Waals surface area contributed by atoms with Gasteiger partial charge in [-0.15, -0.1) is 0 Å². The number of halogens is 2. The molecule has 0 heterocycles. The van der Waals surface area contributed by atoms with Crippen LogP contribution in [0.5, 0.6) is 0 Å².